The van der Waals surface area contributed by atoms with Crippen LogP contribution >= 0.6 is 0 Å². The van der Waals surface area contributed by atoms with Gasteiger partial charge in [0.15, 0.2) is 0 Å². The van der Waals surface area contributed by atoms with E-state index >= 15 is 4.79 Å². The Morgan fingerprint density at radius 2 is 1.84 bits per heavy atom. The summed E-state index contributed by atoms with van der Waals surface area (Å²) in [6.07, 6.45) is 4.25. The number of methoxy groups -OCH3 is 2. The van der Waals surface area contributed by atoms with Gasteiger partial charge in [-0.15, -0.1) is 0 Å². The van der Waals surface area contributed by atoms with Crippen LogP contribution in [-0.2, 0) is 64.2 Å². The lowest BCUT2D eigenvalue weighted by Crippen LogP contribution is -2.58. The lowest BCUT2D eigenvalue weighted by Gasteiger charge is -2.36. The summed E-state index contributed by atoms with van der Waals surface area (Å²) in [5.74, 6) is 2.72. The van der Waals surface area contributed by atoms with Gasteiger partial charge < -0.3 is 39.0 Å². The lowest BCUT2D eigenvalue weighted by atomic mass is 9.84. The van der Waals surface area contributed by atoms with Crippen LogP contribution in [0.4, 0.5) is 0 Å². The third kappa shape index (κ3) is 10.2. The molecule has 3 N–H and O–H groups in total. The molecule has 2 saturated heterocycles. The van der Waals surface area contributed by atoms with Crippen LogP contribution < -0.4 is 10.7 Å². The molecular weight excluding hydrogens is 891 g/mol. The maximum absolute atomic E-state index is 15.1. The summed E-state index contributed by atoms with van der Waals surface area (Å²) in [4.78, 5) is 78.0. The molecule has 0 radical (unpaired) electrons. The van der Waals surface area contributed by atoms with Crippen molar-refractivity contribution < 1.29 is 43.3 Å². The minimum Gasteiger partial charge on any atom is -0.508 e. The molecule has 5 heterocycles. The van der Waals surface area contributed by atoms with E-state index in [1.54, 1.807) is 37.4 Å². The van der Waals surface area contributed by atoms with E-state index in [0.717, 1.165) is 44.5 Å². The van der Waals surface area contributed by atoms with Crippen molar-refractivity contribution in [1.29, 1.82) is 0 Å². The number of aromatic nitrogens is 2. The standard InChI is InChI=1S/C54H67N7O9/c1-9-60-44-17-16-35-26-40(44)41(48(60)39-13-10-19-55-43(39)31-69-8)28-53(4,5)32-70-51(66)42-14-11-20-61(57-42)52(67)54(27-34-23-37(35)25-38(62)24-34)29-45(54)56-49(64)47(33(2)3)58(6)50(65)36-18-21-59(30-36)46(63)15-12-22-68-7/h10,13,16-17,19,23-26,33,36,42,45,47,57,62H,9,11,14,18,20-22,27-32H2,1-8H3,(H,56,64)/t36-,42-,45?,47-,54-/m0/s1. The normalized spacial score (nSPS) is 22.6. The van der Waals surface area contributed by atoms with Gasteiger partial charge >= 0.3 is 5.97 Å². The molecule has 8 rings (SSSR count). The van der Waals surface area contributed by atoms with Gasteiger partial charge in [-0.3, -0.25) is 34.0 Å². The highest BCUT2D eigenvalue weighted by Gasteiger charge is 2.62. The Bertz CT molecular complexity index is 2740. The Labute approximate surface area is 410 Å². The number of hydrazine groups is 1. The number of carbonyl (C=O) groups is 5. The molecule has 16 heteroatoms. The molecule has 70 heavy (non-hydrogen) atoms. The van der Waals surface area contributed by atoms with Crippen molar-refractivity contribution >= 4 is 40.5 Å². The number of pyridine rings is 1. The topological polar surface area (TPSA) is 185 Å². The fraction of sp³-hybridized carbons (Fsp3) is 0.519. The van der Waals surface area contributed by atoms with Gasteiger partial charge in [0.1, 0.15) is 24.4 Å². The number of aromatic hydroxyl groups is 1. The lowest BCUT2D eigenvalue weighted by molar-refractivity contribution is -0.156. The Hall–Kier alpha value is -6.28. The smallest absolute Gasteiger partial charge is 0.324 e. The van der Waals surface area contributed by atoms with Crippen molar-refractivity contribution in [2.24, 2.45) is 22.7 Å². The van der Waals surface area contributed by atoms with Crippen LogP contribution in [0.3, 0.4) is 0 Å². The molecule has 4 aromatic rings. The quantitative estimate of drug-likeness (QED) is 0.139. The maximum Gasteiger partial charge on any atom is 0.324 e. The van der Waals surface area contributed by atoms with E-state index in [2.05, 4.69) is 66.1 Å². The van der Waals surface area contributed by atoms with Crippen LogP contribution in [0.1, 0.15) is 77.1 Å². The van der Waals surface area contributed by atoms with E-state index in [1.807, 2.05) is 32.0 Å². The molecule has 5 atom stereocenters. The number of nitrogens with one attached hydrogen (secondary N) is 2. The molecular formula is C54H67N7O9. The first kappa shape index (κ1) is 50.1. The predicted molar refractivity (Wildman–Crippen MR) is 263 cm³/mol. The molecule has 1 saturated carbocycles. The fourth-order valence-electron chi connectivity index (χ4n) is 10.9. The fourth-order valence-corrected chi connectivity index (χ4v) is 10.9. The van der Waals surface area contributed by atoms with E-state index in [0.29, 0.717) is 63.9 Å². The number of benzene rings is 2. The third-order valence-electron chi connectivity index (χ3n) is 14.4. The second-order valence-corrected chi connectivity index (χ2v) is 20.6. The largest absolute Gasteiger partial charge is 0.508 e. The first-order chi connectivity index (χ1) is 33.5. The monoisotopic (exact) mass is 958 g/mol. The van der Waals surface area contributed by atoms with Crippen molar-refractivity contribution in [2.75, 3.05) is 54.1 Å². The van der Waals surface area contributed by atoms with E-state index < -0.39 is 46.7 Å². The van der Waals surface area contributed by atoms with E-state index in [4.69, 9.17) is 19.2 Å². The summed E-state index contributed by atoms with van der Waals surface area (Å²) in [5, 5.41) is 17.1. The zero-order valence-corrected chi connectivity index (χ0v) is 41.7. The summed E-state index contributed by atoms with van der Waals surface area (Å²) in [5.41, 5.74) is 8.73. The second kappa shape index (κ2) is 20.6. The zero-order chi connectivity index (χ0) is 50.1. The van der Waals surface area contributed by atoms with Crippen molar-refractivity contribution in [3.8, 4) is 40.0 Å². The molecule has 3 fully saturated rings. The number of esters is 1. The molecule has 1 unspecified atom stereocenters. The molecule has 4 aliphatic rings. The van der Waals surface area contributed by atoms with Crippen LogP contribution in [0.5, 0.6) is 5.75 Å². The summed E-state index contributed by atoms with van der Waals surface area (Å²) >= 11 is 0. The number of rotatable bonds is 10. The van der Waals surface area contributed by atoms with Crippen molar-refractivity contribution in [1.82, 2.24) is 35.1 Å². The number of carbonyl (C=O) groups excluding carboxylic acids is 5. The Morgan fingerprint density at radius 1 is 1.04 bits per heavy atom. The van der Waals surface area contributed by atoms with Gasteiger partial charge in [0.25, 0.3) is 5.91 Å². The van der Waals surface area contributed by atoms with Crippen molar-refractivity contribution in [3.63, 3.8) is 0 Å². The van der Waals surface area contributed by atoms with Crippen molar-refractivity contribution in [2.45, 2.75) is 104 Å². The van der Waals surface area contributed by atoms with Gasteiger partial charge in [-0.2, -0.15) is 0 Å². The Kier molecular flexibility index (Phi) is 14.7. The molecule has 1 aliphatic carbocycles. The van der Waals surface area contributed by atoms with Crippen LogP contribution in [0.25, 0.3) is 33.3 Å². The summed E-state index contributed by atoms with van der Waals surface area (Å²) in [6.45, 7) is 12.2. The summed E-state index contributed by atoms with van der Waals surface area (Å²) in [7, 11) is 4.77. The summed E-state index contributed by atoms with van der Waals surface area (Å²) < 4.78 is 19.0. The first-order valence-corrected chi connectivity index (χ1v) is 24.5. The number of hydrogen-bond acceptors (Lipinski definition) is 11. The van der Waals surface area contributed by atoms with Gasteiger partial charge in [-0.25, -0.2) is 5.43 Å². The summed E-state index contributed by atoms with van der Waals surface area (Å²) in [6, 6.07) is 13.4. The van der Waals surface area contributed by atoms with Gasteiger partial charge in [-0.1, -0.05) is 45.7 Å². The van der Waals surface area contributed by atoms with Crippen LogP contribution in [0, 0.1) is 34.5 Å². The molecule has 16 nitrogen and oxygen atoms in total. The maximum atomic E-state index is 15.1. The first-order valence-electron chi connectivity index (χ1n) is 24.5. The number of phenolic OH excluding ortho intramolecular Hbond substituents is 1. The number of fused-ring (bicyclic) bond motifs is 6. The number of hydrogen-bond donors (Lipinski definition) is 3. The number of likely N-dealkylation sites (tertiary alicyclic amines) is 1. The van der Waals surface area contributed by atoms with E-state index in [-0.39, 0.29) is 55.6 Å². The third-order valence-corrected chi connectivity index (χ3v) is 14.4. The SMILES string of the molecule is CCn1c(-c2cccnc2COC)c2c3cc(ccc31)-c1cc(O)cc(c1)C[C@@]1(CC1NC(=O)[C@H](C(C)C)N(C)C(=O)[C@H]1CCN(C(=O)C#CCOC)C1)C(=O)N1CCC[C@H](N1)C(=O)OCC(C)(C)C2. The number of likely N-dealkylation sites (N-methyl/N-ethyl adjacent to an activating group) is 1. The van der Waals surface area contributed by atoms with Crippen LogP contribution in [-0.4, -0.2) is 131 Å². The number of amides is 4. The highest BCUT2D eigenvalue weighted by molar-refractivity contribution is 5.97. The minimum atomic E-state index is -1.15. The number of ether oxygens (including phenoxy) is 3. The number of nitrogens with zero attached hydrogens (tertiary/aromatic N) is 5. The van der Waals surface area contributed by atoms with Gasteiger partial charge in [-0.05, 0) is 116 Å². The Balaban J connectivity index is 1.14. The molecule has 4 amide bonds. The van der Waals surface area contributed by atoms with Gasteiger partial charge in [0, 0.05) is 81.6 Å². The zero-order valence-electron chi connectivity index (χ0n) is 41.7. The highest BCUT2D eigenvalue weighted by atomic mass is 16.5. The van der Waals surface area contributed by atoms with Crippen LogP contribution in [0.2, 0.25) is 0 Å². The number of phenols is 1. The highest BCUT2D eigenvalue weighted by Crippen LogP contribution is 2.51. The average molecular weight is 958 g/mol. The molecule has 372 valence electrons. The number of aryl methyl sites for hydroxylation is 1. The number of cyclic esters (lactones) is 1. The van der Waals surface area contributed by atoms with E-state index in [9.17, 15) is 24.3 Å². The molecule has 6 bridgehead atoms. The van der Waals surface area contributed by atoms with Gasteiger partial charge in [0.05, 0.1) is 35.9 Å². The molecule has 2 aromatic heterocycles. The second-order valence-electron chi connectivity index (χ2n) is 20.6. The van der Waals surface area contributed by atoms with Crippen LogP contribution in [0.15, 0.2) is 54.7 Å². The Morgan fingerprint density at radius 3 is 2.59 bits per heavy atom. The predicted octanol–water partition coefficient (Wildman–Crippen LogP) is 5.26. The average Bonchev–Trinajstić information content (AvgIpc) is 3.62. The van der Waals surface area contributed by atoms with E-state index in [1.165, 1.54) is 17.0 Å². The molecule has 1 spiro atoms. The van der Waals surface area contributed by atoms with Gasteiger partial charge in [0.2, 0.25) is 17.7 Å². The minimum absolute atomic E-state index is 0.0340. The molecule has 3 aliphatic heterocycles. The molecule has 2 aromatic carbocycles. The van der Waals surface area contributed by atoms with Crippen molar-refractivity contribution in [3.05, 3.63) is 71.5 Å².